The molecular formula is C13H18N2O4. The molecule has 5 N–H and O–H groups in total. The molecule has 0 saturated carbocycles. The number of carboxylic acid groups (broad SMARTS) is 1. The number of carboxylic acids is 1. The Labute approximate surface area is 111 Å². The zero-order valence-electron chi connectivity index (χ0n) is 10.5. The third-order valence-corrected chi connectivity index (χ3v) is 2.61. The lowest BCUT2D eigenvalue weighted by atomic mass is 10.1. The Hall–Kier alpha value is -1.92. The quantitative estimate of drug-likeness (QED) is 0.489. The monoisotopic (exact) mass is 266 g/mol. The van der Waals surface area contributed by atoms with Crippen LogP contribution in [-0.2, 0) is 9.59 Å². The van der Waals surface area contributed by atoms with Gasteiger partial charge in [-0.2, -0.15) is 0 Å². The molecule has 1 aromatic rings. The first-order chi connectivity index (χ1) is 9.00. The van der Waals surface area contributed by atoms with Gasteiger partial charge >= 0.3 is 11.9 Å². The van der Waals surface area contributed by atoms with Crippen LogP contribution in [0.25, 0.3) is 0 Å². The van der Waals surface area contributed by atoms with E-state index in [1.165, 1.54) is 0 Å². The molecule has 0 radical (unpaired) electrons. The lowest BCUT2D eigenvalue weighted by Gasteiger charge is -2.12. The first kappa shape index (κ1) is 15.1. The summed E-state index contributed by atoms with van der Waals surface area (Å²) in [5, 5.41) is 8.60. The minimum atomic E-state index is -1.06. The summed E-state index contributed by atoms with van der Waals surface area (Å²) in [6, 6.07) is 6.93. The summed E-state index contributed by atoms with van der Waals surface area (Å²) in [5.41, 5.74) is 11.0. The van der Waals surface area contributed by atoms with E-state index in [-0.39, 0.29) is 6.42 Å². The van der Waals surface area contributed by atoms with E-state index in [4.69, 9.17) is 21.3 Å². The maximum absolute atomic E-state index is 11.6. The van der Waals surface area contributed by atoms with Gasteiger partial charge in [-0.25, -0.2) is 4.79 Å². The molecule has 0 aromatic heterocycles. The van der Waals surface area contributed by atoms with Gasteiger partial charge in [0.2, 0.25) is 0 Å². The summed E-state index contributed by atoms with van der Waals surface area (Å²) in [7, 11) is 0. The highest BCUT2D eigenvalue weighted by molar-refractivity contribution is 5.78. The van der Waals surface area contributed by atoms with Gasteiger partial charge < -0.3 is 21.3 Å². The van der Waals surface area contributed by atoms with Gasteiger partial charge in [0.15, 0.2) is 0 Å². The summed E-state index contributed by atoms with van der Waals surface area (Å²) in [5.74, 6) is -1.15. The van der Waals surface area contributed by atoms with E-state index in [2.05, 4.69) is 0 Å². The summed E-state index contributed by atoms with van der Waals surface area (Å²) in [6.45, 7) is 0. The summed E-state index contributed by atoms with van der Waals surface area (Å²) < 4.78 is 5.07. The zero-order chi connectivity index (χ0) is 14.3. The van der Waals surface area contributed by atoms with E-state index in [0.29, 0.717) is 18.6 Å². The number of esters is 1. The average Bonchev–Trinajstić information content (AvgIpc) is 2.39. The van der Waals surface area contributed by atoms with Crippen molar-refractivity contribution in [1.29, 1.82) is 0 Å². The van der Waals surface area contributed by atoms with Crippen molar-refractivity contribution in [1.82, 2.24) is 0 Å². The Bertz CT molecular complexity index is 422. The highest BCUT2D eigenvalue weighted by Gasteiger charge is 2.17. The molecule has 6 heteroatoms. The molecule has 1 rings (SSSR count). The second-order valence-corrected chi connectivity index (χ2v) is 4.22. The highest BCUT2D eigenvalue weighted by Crippen LogP contribution is 2.10. The molecule has 0 bridgehead atoms. The molecule has 0 heterocycles. The molecule has 1 aromatic carbocycles. The predicted octanol–water partition coefficient (Wildman–Crippen LogP) is 0.502. The van der Waals surface area contributed by atoms with Gasteiger partial charge in [-0.1, -0.05) is 18.2 Å². The van der Waals surface area contributed by atoms with Gasteiger partial charge in [0, 0.05) is 0 Å². The largest absolute Gasteiger partial charge is 0.480 e. The summed E-state index contributed by atoms with van der Waals surface area (Å²) in [4.78, 5) is 22.1. The van der Waals surface area contributed by atoms with Crippen molar-refractivity contribution >= 4 is 11.9 Å². The number of carbonyl (C=O) groups is 2. The number of benzene rings is 1. The van der Waals surface area contributed by atoms with Crippen molar-refractivity contribution in [2.24, 2.45) is 11.5 Å². The number of hydrogen-bond donors (Lipinski definition) is 3. The molecule has 0 aliphatic heterocycles. The Balaban J connectivity index is 2.31. The van der Waals surface area contributed by atoms with Gasteiger partial charge in [0.1, 0.15) is 17.8 Å². The molecular weight excluding hydrogens is 248 g/mol. The molecule has 6 nitrogen and oxygen atoms in total. The summed E-state index contributed by atoms with van der Waals surface area (Å²) in [6.07, 6.45) is 1.08. The number of carbonyl (C=O) groups excluding carboxylic acids is 1. The smallest absolute Gasteiger partial charge is 0.328 e. The Kier molecular flexibility index (Phi) is 5.98. The Morgan fingerprint density at radius 2 is 1.68 bits per heavy atom. The molecule has 19 heavy (non-hydrogen) atoms. The number of ether oxygens (including phenoxy) is 1. The second-order valence-electron chi connectivity index (χ2n) is 4.22. The normalized spacial score (nSPS) is 13.6. The molecule has 0 aliphatic carbocycles. The molecule has 1 unspecified atom stereocenters. The van der Waals surface area contributed by atoms with E-state index in [1.807, 2.05) is 6.07 Å². The lowest BCUT2D eigenvalue weighted by molar-refractivity contribution is -0.138. The van der Waals surface area contributed by atoms with Crippen molar-refractivity contribution in [3.63, 3.8) is 0 Å². The van der Waals surface area contributed by atoms with Gasteiger partial charge in [0.25, 0.3) is 0 Å². The number of para-hydroxylation sites is 1. The number of rotatable bonds is 7. The molecule has 0 aliphatic rings. The second kappa shape index (κ2) is 7.50. The van der Waals surface area contributed by atoms with Gasteiger partial charge in [-0.05, 0) is 31.4 Å². The van der Waals surface area contributed by atoms with E-state index in [0.717, 1.165) is 0 Å². The standard InChI is InChI=1S/C13H18N2O4/c14-10(12(16)17)7-4-8-11(15)13(18)19-9-5-2-1-3-6-9/h1-3,5-6,10-11H,4,7-8,14-15H2,(H,16,17)/t10-,11?/m0/s1. The average molecular weight is 266 g/mol. The van der Waals surface area contributed by atoms with Crippen LogP contribution in [0.4, 0.5) is 0 Å². The van der Waals surface area contributed by atoms with Crippen molar-refractivity contribution in [3.05, 3.63) is 30.3 Å². The third-order valence-electron chi connectivity index (χ3n) is 2.61. The molecule has 104 valence electrons. The maximum Gasteiger partial charge on any atom is 0.328 e. The van der Waals surface area contributed by atoms with Gasteiger partial charge in [0.05, 0.1) is 0 Å². The lowest BCUT2D eigenvalue weighted by Crippen LogP contribution is -2.35. The first-order valence-corrected chi connectivity index (χ1v) is 6.01. The fourth-order valence-electron chi connectivity index (χ4n) is 1.48. The maximum atomic E-state index is 11.6. The van der Waals surface area contributed by atoms with Crippen LogP contribution in [0.5, 0.6) is 5.75 Å². The van der Waals surface area contributed by atoms with Crippen LogP contribution in [-0.4, -0.2) is 29.1 Å². The van der Waals surface area contributed by atoms with E-state index >= 15 is 0 Å². The molecule has 0 saturated heterocycles. The minimum Gasteiger partial charge on any atom is -0.480 e. The Morgan fingerprint density at radius 1 is 1.11 bits per heavy atom. The molecule has 0 amide bonds. The fraction of sp³-hybridized carbons (Fsp3) is 0.385. The van der Waals surface area contributed by atoms with Crippen LogP contribution >= 0.6 is 0 Å². The van der Waals surface area contributed by atoms with E-state index in [1.54, 1.807) is 24.3 Å². The Morgan fingerprint density at radius 3 is 2.26 bits per heavy atom. The SMILES string of the molecule is NC(CCC[C@H](N)C(=O)O)C(=O)Oc1ccccc1. The van der Waals surface area contributed by atoms with Gasteiger partial charge in [-0.3, -0.25) is 4.79 Å². The number of aliphatic carboxylic acids is 1. The van der Waals surface area contributed by atoms with E-state index in [9.17, 15) is 9.59 Å². The van der Waals surface area contributed by atoms with Crippen LogP contribution < -0.4 is 16.2 Å². The summed E-state index contributed by atoms with van der Waals surface area (Å²) >= 11 is 0. The zero-order valence-corrected chi connectivity index (χ0v) is 10.5. The fourth-order valence-corrected chi connectivity index (χ4v) is 1.48. The minimum absolute atomic E-state index is 0.279. The first-order valence-electron chi connectivity index (χ1n) is 6.01. The number of hydrogen-bond acceptors (Lipinski definition) is 5. The van der Waals surface area contributed by atoms with Gasteiger partial charge in [-0.15, -0.1) is 0 Å². The predicted molar refractivity (Wildman–Crippen MR) is 69.5 cm³/mol. The number of nitrogens with two attached hydrogens (primary N) is 2. The molecule has 0 fully saturated rings. The molecule has 2 atom stereocenters. The molecule has 0 spiro atoms. The van der Waals surface area contributed by atoms with Crippen LogP contribution in [0.1, 0.15) is 19.3 Å². The van der Waals surface area contributed by atoms with Crippen molar-refractivity contribution in [2.45, 2.75) is 31.3 Å². The van der Waals surface area contributed by atoms with Crippen molar-refractivity contribution in [3.8, 4) is 5.75 Å². The topological polar surface area (TPSA) is 116 Å². The van der Waals surface area contributed by atoms with Crippen molar-refractivity contribution < 1.29 is 19.4 Å². The highest BCUT2D eigenvalue weighted by atomic mass is 16.5. The van der Waals surface area contributed by atoms with Crippen LogP contribution in [0.15, 0.2) is 30.3 Å². The third kappa shape index (κ3) is 5.50. The van der Waals surface area contributed by atoms with Crippen LogP contribution in [0.3, 0.4) is 0 Å². The van der Waals surface area contributed by atoms with Crippen molar-refractivity contribution in [2.75, 3.05) is 0 Å². The van der Waals surface area contributed by atoms with Crippen LogP contribution in [0, 0.1) is 0 Å². The van der Waals surface area contributed by atoms with E-state index < -0.39 is 24.0 Å². The van der Waals surface area contributed by atoms with Crippen LogP contribution in [0.2, 0.25) is 0 Å².